The van der Waals surface area contributed by atoms with Crippen molar-refractivity contribution in [3.8, 4) is 6.07 Å². The quantitative estimate of drug-likeness (QED) is 0.645. The summed E-state index contributed by atoms with van der Waals surface area (Å²) in [5.41, 5.74) is 3.08. The maximum Gasteiger partial charge on any atom is 0.317 e. The molecule has 156 valence electrons. The van der Waals surface area contributed by atoms with E-state index in [2.05, 4.69) is 21.7 Å². The third-order valence-electron chi connectivity index (χ3n) is 5.16. The lowest BCUT2D eigenvalue weighted by Gasteiger charge is -2.27. The Balaban J connectivity index is 1.40. The molecule has 0 fully saturated rings. The van der Waals surface area contributed by atoms with Gasteiger partial charge in [-0.1, -0.05) is 18.2 Å². The highest BCUT2D eigenvalue weighted by atomic mass is 32.1. The fraction of sp³-hybridized carbons (Fsp3) is 0.217. The van der Waals surface area contributed by atoms with Crippen LogP contribution in [0.5, 0.6) is 0 Å². The van der Waals surface area contributed by atoms with Gasteiger partial charge in [-0.15, -0.1) is 11.3 Å². The van der Waals surface area contributed by atoms with Gasteiger partial charge in [0.25, 0.3) is 5.91 Å². The average Bonchev–Trinajstić information content (AvgIpc) is 3.16. The van der Waals surface area contributed by atoms with E-state index >= 15 is 0 Å². The summed E-state index contributed by atoms with van der Waals surface area (Å²) in [6, 6.07) is 14.9. The predicted molar refractivity (Wildman–Crippen MR) is 119 cm³/mol. The van der Waals surface area contributed by atoms with Crippen LogP contribution in [-0.2, 0) is 19.4 Å². The zero-order valence-electron chi connectivity index (χ0n) is 16.8. The number of benzene rings is 1. The Hall–Kier alpha value is -3.70. The number of hydrogen-bond donors (Lipinski definition) is 2. The van der Waals surface area contributed by atoms with E-state index in [9.17, 15) is 14.9 Å². The van der Waals surface area contributed by atoms with Crippen LogP contribution in [0.1, 0.15) is 31.9 Å². The predicted octanol–water partition coefficient (Wildman–Crippen LogP) is 3.58. The van der Waals surface area contributed by atoms with E-state index in [4.69, 9.17) is 0 Å². The van der Waals surface area contributed by atoms with Gasteiger partial charge in [-0.3, -0.25) is 9.78 Å². The topological polar surface area (TPSA) is 98.1 Å². The first-order chi connectivity index (χ1) is 15.2. The van der Waals surface area contributed by atoms with Crippen LogP contribution in [0.2, 0.25) is 0 Å². The Bertz CT molecular complexity index is 1120. The monoisotopic (exact) mass is 431 g/mol. The van der Waals surface area contributed by atoms with Gasteiger partial charge in [0, 0.05) is 35.9 Å². The summed E-state index contributed by atoms with van der Waals surface area (Å²) in [6.07, 6.45) is 4.80. The SMILES string of the molecule is N#Cc1c(NC(=O)c2ccccc2)sc2c1CCN(C(=O)NCCc1ccncc1)C2. The molecule has 0 radical (unpaired) electrons. The molecule has 0 unspecified atom stereocenters. The standard InChI is InChI=1S/C23H21N5O2S/c24-14-19-18-9-13-28(23(30)26-12-8-16-6-10-25-11-7-16)15-20(18)31-22(19)27-21(29)17-4-2-1-3-5-17/h1-7,10-11H,8-9,12-13,15H2,(H,26,30)(H,27,29). The number of thiophene rings is 1. The van der Waals surface area contributed by atoms with Crippen molar-refractivity contribution in [2.75, 3.05) is 18.4 Å². The maximum absolute atomic E-state index is 12.6. The number of nitrogens with one attached hydrogen (secondary N) is 2. The highest BCUT2D eigenvalue weighted by Gasteiger charge is 2.27. The second-order valence-corrected chi connectivity index (χ2v) is 8.25. The normalized spacial score (nSPS) is 12.5. The highest BCUT2D eigenvalue weighted by molar-refractivity contribution is 7.16. The number of fused-ring (bicyclic) bond motifs is 1. The number of pyridine rings is 1. The molecule has 3 aromatic rings. The number of nitriles is 1. The van der Waals surface area contributed by atoms with Gasteiger partial charge in [0.2, 0.25) is 0 Å². The lowest BCUT2D eigenvalue weighted by Crippen LogP contribution is -2.43. The third-order valence-corrected chi connectivity index (χ3v) is 6.29. The zero-order valence-corrected chi connectivity index (χ0v) is 17.6. The molecule has 4 rings (SSSR count). The summed E-state index contributed by atoms with van der Waals surface area (Å²) >= 11 is 1.37. The number of amides is 3. The number of aromatic nitrogens is 1. The molecule has 0 aliphatic carbocycles. The molecule has 2 N–H and O–H groups in total. The summed E-state index contributed by atoms with van der Waals surface area (Å²) in [6.45, 7) is 1.50. The Kier molecular flexibility index (Phi) is 6.24. The van der Waals surface area contributed by atoms with Crippen molar-refractivity contribution in [3.05, 3.63) is 82.0 Å². The van der Waals surface area contributed by atoms with Crippen molar-refractivity contribution >= 4 is 28.3 Å². The fourth-order valence-electron chi connectivity index (χ4n) is 3.52. The molecule has 0 atom stereocenters. The minimum Gasteiger partial charge on any atom is -0.338 e. The van der Waals surface area contributed by atoms with Crippen LogP contribution in [-0.4, -0.2) is 34.9 Å². The minimum absolute atomic E-state index is 0.124. The molecule has 31 heavy (non-hydrogen) atoms. The first-order valence-electron chi connectivity index (χ1n) is 9.98. The summed E-state index contributed by atoms with van der Waals surface area (Å²) in [5, 5.41) is 16.0. The van der Waals surface area contributed by atoms with Crippen molar-refractivity contribution in [1.82, 2.24) is 15.2 Å². The van der Waals surface area contributed by atoms with Gasteiger partial charge in [-0.25, -0.2) is 4.79 Å². The molecular formula is C23H21N5O2S. The van der Waals surface area contributed by atoms with Crippen LogP contribution >= 0.6 is 11.3 Å². The third kappa shape index (κ3) is 4.73. The van der Waals surface area contributed by atoms with Gasteiger partial charge in [0.15, 0.2) is 0 Å². The van der Waals surface area contributed by atoms with Gasteiger partial charge < -0.3 is 15.5 Å². The molecule has 7 nitrogen and oxygen atoms in total. The molecule has 3 heterocycles. The molecule has 0 bridgehead atoms. The van der Waals surface area contributed by atoms with E-state index in [-0.39, 0.29) is 11.9 Å². The van der Waals surface area contributed by atoms with Crippen molar-refractivity contribution < 1.29 is 9.59 Å². The van der Waals surface area contributed by atoms with Gasteiger partial charge >= 0.3 is 6.03 Å². The Labute approximate surface area is 184 Å². The largest absolute Gasteiger partial charge is 0.338 e. The Morgan fingerprint density at radius 3 is 2.68 bits per heavy atom. The van der Waals surface area contributed by atoms with Gasteiger partial charge in [-0.05, 0) is 48.2 Å². The van der Waals surface area contributed by atoms with Crippen LogP contribution < -0.4 is 10.6 Å². The van der Waals surface area contributed by atoms with Crippen LogP contribution in [0, 0.1) is 11.3 Å². The second kappa shape index (κ2) is 9.41. The second-order valence-electron chi connectivity index (χ2n) is 7.15. The van der Waals surface area contributed by atoms with Crippen molar-refractivity contribution in [2.45, 2.75) is 19.4 Å². The fourth-order valence-corrected chi connectivity index (χ4v) is 4.73. The van der Waals surface area contributed by atoms with Gasteiger partial charge in [0.1, 0.15) is 11.1 Å². The maximum atomic E-state index is 12.6. The summed E-state index contributed by atoms with van der Waals surface area (Å²) < 4.78 is 0. The van der Waals surface area contributed by atoms with E-state index in [1.165, 1.54) is 11.3 Å². The van der Waals surface area contributed by atoms with E-state index in [0.717, 1.165) is 22.4 Å². The van der Waals surface area contributed by atoms with Gasteiger partial charge in [-0.2, -0.15) is 5.26 Å². The number of nitrogens with zero attached hydrogens (tertiary/aromatic N) is 3. The molecule has 0 saturated heterocycles. The van der Waals surface area contributed by atoms with E-state index < -0.39 is 0 Å². The van der Waals surface area contributed by atoms with Crippen LogP contribution in [0.4, 0.5) is 9.80 Å². The number of urea groups is 1. The molecule has 8 heteroatoms. The van der Waals surface area contributed by atoms with Crippen molar-refractivity contribution in [3.63, 3.8) is 0 Å². The smallest absolute Gasteiger partial charge is 0.317 e. The van der Waals surface area contributed by atoms with E-state index in [1.54, 1.807) is 41.6 Å². The minimum atomic E-state index is -0.249. The average molecular weight is 432 g/mol. The zero-order chi connectivity index (χ0) is 21.6. The summed E-state index contributed by atoms with van der Waals surface area (Å²) in [7, 11) is 0. The lowest BCUT2D eigenvalue weighted by molar-refractivity contribution is 0.102. The first kappa shape index (κ1) is 20.6. The molecule has 1 aliphatic rings. The van der Waals surface area contributed by atoms with Crippen molar-refractivity contribution in [1.29, 1.82) is 5.26 Å². The molecule has 1 aromatic carbocycles. The molecule has 0 saturated carbocycles. The summed E-state index contributed by atoms with van der Waals surface area (Å²) in [4.78, 5) is 31.8. The number of carbonyl (C=O) groups excluding carboxylic acids is 2. The molecule has 1 aliphatic heterocycles. The number of hydrogen-bond acceptors (Lipinski definition) is 5. The number of carbonyl (C=O) groups is 2. The molecular weight excluding hydrogens is 410 g/mol. The molecule has 0 spiro atoms. The first-order valence-corrected chi connectivity index (χ1v) is 10.8. The van der Waals surface area contributed by atoms with Crippen LogP contribution in [0.25, 0.3) is 0 Å². The van der Waals surface area contributed by atoms with Crippen molar-refractivity contribution in [2.24, 2.45) is 0 Å². The summed E-state index contributed by atoms with van der Waals surface area (Å²) in [5.74, 6) is -0.249. The number of anilines is 1. The van der Waals surface area contributed by atoms with Gasteiger partial charge in [0.05, 0.1) is 12.1 Å². The van der Waals surface area contributed by atoms with E-state index in [1.807, 2.05) is 18.2 Å². The number of rotatable bonds is 5. The Morgan fingerprint density at radius 1 is 1.16 bits per heavy atom. The molecule has 3 amide bonds. The van der Waals surface area contributed by atoms with E-state index in [0.29, 0.717) is 42.2 Å². The Morgan fingerprint density at radius 2 is 1.94 bits per heavy atom. The van der Waals surface area contributed by atoms with Crippen LogP contribution in [0.3, 0.4) is 0 Å². The molecule has 2 aromatic heterocycles. The lowest BCUT2D eigenvalue weighted by atomic mass is 10.0. The van der Waals surface area contributed by atoms with Crippen LogP contribution in [0.15, 0.2) is 54.9 Å². The highest BCUT2D eigenvalue weighted by Crippen LogP contribution is 2.36.